The van der Waals surface area contributed by atoms with Crippen molar-refractivity contribution in [3.05, 3.63) is 64.2 Å². The Hall–Kier alpha value is -1.94. The predicted octanol–water partition coefficient (Wildman–Crippen LogP) is 2.39. The molecule has 0 saturated carbocycles. The molecule has 2 heterocycles. The first-order chi connectivity index (χ1) is 14.5. The second-order valence-electron chi connectivity index (χ2n) is 8.36. The third-order valence-corrected chi connectivity index (χ3v) is 10.1. The molecule has 31 heavy (non-hydrogen) atoms. The number of rotatable bonds is 4. The number of halogens is 1. The molecule has 0 aromatic heterocycles. The van der Waals surface area contributed by atoms with Crippen molar-refractivity contribution in [1.29, 1.82) is 0 Å². The van der Waals surface area contributed by atoms with E-state index in [1.54, 1.807) is 6.92 Å². The van der Waals surface area contributed by atoms with E-state index in [1.165, 1.54) is 22.5 Å². The molecule has 0 spiro atoms. The molecular formula is C21H23ClN2O5S2. The first-order valence-electron chi connectivity index (χ1n) is 9.89. The number of hydrogen-bond donors (Lipinski definition) is 1. The normalized spacial score (nSPS) is 23.3. The largest absolute Gasteiger partial charge is 0.346 e. The lowest BCUT2D eigenvalue weighted by atomic mass is 10.0. The van der Waals surface area contributed by atoms with Gasteiger partial charge in [0, 0.05) is 18.7 Å². The molecule has 10 heteroatoms. The van der Waals surface area contributed by atoms with Gasteiger partial charge in [0.2, 0.25) is 10.0 Å². The van der Waals surface area contributed by atoms with Crippen LogP contribution >= 0.6 is 11.6 Å². The minimum atomic E-state index is -3.93. The molecule has 1 N–H and O–H groups in total. The van der Waals surface area contributed by atoms with Crippen molar-refractivity contribution in [3.8, 4) is 0 Å². The number of fused-ring (bicyclic) bond motifs is 1. The van der Waals surface area contributed by atoms with Gasteiger partial charge in [0.15, 0.2) is 9.84 Å². The summed E-state index contributed by atoms with van der Waals surface area (Å²) in [6.07, 6.45) is 0.910. The summed E-state index contributed by atoms with van der Waals surface area (Å²) in [6.45, 7) is 2.23. The van der Waals surface area contributed by atoms with E-state index in [0.717, 1.165) is 11.1 Å². The van der Waals surface area contributed by atoms with E-state index >= 15 is 0 Å². The number of carbonyl (C=O) groups is 1. The summed E-state index contributed by atoms with van der Waals surface area (Å²) in [5.41, 5.74) is 1.29. The van der Waals surface area contributed by atoms with E-state index < -0.39 is 31.3 Å². The van der Waals surface area contributed by atoms with Crippen molar-refractivity contribution in [2.24, 2.45) is 0 Å². The Bertz CT molecular complexity index is 1260. The molecule has 0 unspecified atom stereocenters. The second kappa shape index (κ2) is 7.88. The summed E-state index contributed by atoms with van der Waals surface area (Å²) in [7, 11) is -7.12. The van der Waals surface area contributed by atoms with Crippen LogP contribution in [0.25, 0.3) is 0 Å². The lowest BCUT2D eigenvalue weighted by Gasteiger charge is -2.28. The second-order valence-corrected chi connectivity index (χ2v) is 12.9. The fraction of sp³-hybridized carbons (Fsp3) is 0.381. The summed E-state index contributed by atoms with van der Waals surface area (Å²) >= 11 is 6.22. The smallest absolute Gasteiger partial charge is 0.251 e. The Morgan fingerprint density at radius 1 is 1.16 bits per heavy atom. The third kappa shape index (κ3) is 4.50. The minimum absolute atomic E-state index is 0.0143. The minimum Gasteiger partial charge on any atom is -0.346 e. The fourth-order valence-electron chi connectivity index (χ4n) is 4.11. The fourth-order valence-corrected chi connectivity index (χ4v) is 8.12. The zero-order valence-electron chi connectivity index (χ0n) is 17.0. The maximum Gasteiger partial charge on any atom is 0.251 e. The maximum atomic E-state index is 13.3. The van der Waals surface area contributed by atoms with Crippen LogP contribution in [0, 0.1) is 0 Å². The molecule has 7 nitrogen and oxygen atoms in total. The quantitative estimate of drug-likeness (QED) is 0.721. The van der Waals surface area contributed by atoms with Crippen LogP contribution in [0.4, 0.5) is 0 Å². The standard InChI is InChI=1S/C21H23ClN2O5S2/c1-21(9-11-30(26,27)14-21)23-20(25)16-6-7-18(22)19(12-16)31(28,29)24-10-8-15-4-2-3-5-17(15)13-24/h2-7,12H,8-11,13-14H2,1H3,(H,23,25)/t21-/m1/s1. The highest BCUT2D eigenvalue weighted by atomic mass is 35.5. The molecule has 1 saturated heterocycles. The summed E-state index contributed by atoms with van der Waals surface area (Å²) < 4.78 is 51.6. The highest BCUT2D eigenvalue weighted by Crippen LogP contribution is 2.30. The highest BCUT2D eigenvalue weighted by molar-refractivity contribution is 7.91. The SMILES string of the molecule is C[C@@]1(NC(=O)c2ccc(Cl)c(S(=O)(=O)N3CCc4ccccc4C3)c2)CCS(=O)(=O)C1. The van der Waals surface area contributed by atoms with Crippen molar-refractivity contribution in [2.75, 3.05) is 18.1 Å². The zero-order valence-corrected chi connectivity index (χ0v) is 19.4. The van der Waals surface area contributed by atoms with Gasteiger partial charge >= 0.3 is 0 Å². The number of sulfonamides is 1. The van der Waals surface area contributed by atoms with Crippen LogP contribution in [0.1, 0.15) is 34.8 Å². The zero-order chi connectivity index (χ0) is 22.4. The van der Waals surface area contributed by atoms with E-state index in [2.05, 4.69) is 5.32 Å². The van der Waals surface area contributed by atoms with Gasteiger partial charge in [-0.15, -0.1) is 0 Å². The van der Waals surface area contributed by atoms with Crippen molar-refractivity contribution < 1.29 is 21.6 Å². The molecule has 1 fully saturated rings. The first kappa shape index (κ1) is 22.3. The van der Waals surface area contributed by atoms with E-state index in [9.17, 15) is 21.6 Å². The van der Waals surface area contributed by atoms with E-state index in [1.807, 2.05) is 24.3 Å². The maximum absolute atomic E-state index is 13.3. The van der Waals surface area contributed by atoms with Crippen LogP contribution in [0.3, 0.4) is 0 Å². The Morgan fingerprint density at radius 3 is 2.55 bits per heavy atom. The number of amides is 1. The number of hydrogen-bond acceptors (Lipinski definition) is 5. The molecular weight excluding hydrogens is 460 g/mol. The average Bonchev–Trinajstić information content (AvgIpc) is 3.00. The lowest BCUT2D eigenvalue weighted by Crippen LogP contribution is -2.47. The van der Waals surface area contributed by atoms with Crippen molar-refractivity contribution >= 4 is 37.4 Å². The molecule has 166 valence electrons. The van der Waals surface area contributed by atoms with Gasteiger partial charge in [-0.1, -0.05) is 35.9 Å². The van der Waals surface area contributed by atoms with Crippen molar-refractivity contribution in [1.82, 2.24) is 9.62 Å². The van der Waals surface area contributed by atoms with Gasteiger partial charge in [-0.05, 0) is 49.1 Å². The van der Waals surface area contributed by atoms with E-state index in [4.69, 9.17) is 11.6 Å². The first-order valence-corrected chi connectivity index (χ1v) is 13.5. The molecule has 0 aliphatic carbocycles. The number of sulfone groups is 1. The van der Waals surface area contributed by atoms with Crippen LogP contribution in [0.5, 0.6) is 0 Å². The highest BCUT2D eigenvalue weighted by Gasteiger charge is 2.40. The molecule has 1 amide bonds. The van der Waals surface area contributed by atoms with Gasteiger partial charge < -0.3 is 5.32 Å². The lowest BCUT2D eigenvalue weighted by molar-refractivity contribution is 0.0915. The van der Waals surface area contributed by atoms with Gasteiger partial charge in [0.05, 0.1) is 22.1 Å². The monoisotopic (exact) mass is 482 g/mol. The number of nitrogens with zero attached hydrogens (tertiary/aromatic N) is 1. The Kier molecular flexibility index (Phi) is 5.66. The molecule has 2 aromatic rings. The Labute approximate surface area is 187 Å². The van der Waals surface area contributed by atoms with Crippen LogP contribution in [0.2, 0.25) is 5.02 Å². The molecule has 0 bridgehead atoms. The van der Waals surface area contributed by atoms with Gasteiger partial charge in [-0.3, -0.25) is 4.79 Å². The van der Waals surface area contributed by atoms with Gasteiger partial charge in [-0.25, -0.2) is 16.8 Å². The molecule has 2 aliphatic heterocycles. The Morgan fingerprint density at radius 2 is 1.87 bits per heavy atom. The molecule has 0 radical (unpaired) electrons. The van der Waals surface area contributed by atoms with Crippen LogP contribution in [0.15, 0.2) is 47.4 Å². The summed E-state index contributed by atoms with van der Waals surface area (Å²) in [4.78, 5) is 12.7. The van der Waals surface area contributed by atoms with Crippen molar-refractivity contribution in [3.63, 3.8) is 0 Å². The molecule has 4 rings (SSSR count). The van der Waals surface area contributed by atoms with E-state index in [-0.39, 0.29) is 33.5 Å². The van der Waals surface area contributed by atoms with Crippen LogP contribution < -0.4 is 5.32 Å². The van der Waals surface area contributed by atoms with Crippen LogP contribution in [-0.4, -0.2) is 50.6 Å². The van der Waals surface area contributed by atoms with Gasteiger partial charge in [0.25, 0.3) is 5.91 Å². The summed E-state index contributed by atoms with van der Waals surface area (Å²) in [5.74, 6) is -0.658. The number of carbonyl (C=O) groups excluding carboxylic acids is 1. The van der Waals surface area contributed by atoms with Gasteiger partial charge in [0.1, 0.15) is 4.90 Å². The molecule has 2 aliphatic rings. The van der Waals surface area contributed by atoms with Gasteiger partial charge in [-0.2, -0.15) is 4.31 Å². The topological polar surface area (TPSA) is 101 Å². The summed E-state index contributed by atoms with van der Waals surface area (Å²) in [6, 6.07) is 11.8. The van der Waals surface area contributed by atoms with E-state index in [0.29, 0.717) is 19.4 Å². The predicted molar refractivity (Wildman–Crippen MR) is 118 cm³/mol. The third-order valence-electron chi connectivity index (χ3n) is 5.83. The number of nitrogens with one attached hydrogen (secondary N) is 1. The number of benzene rings is 2. The Balaban J connectivity index is 1.60. The van der Waals surface area contributed by atoms with Crippen LogP contribution in [-0.2, 0) is 32.8 Å². The summed E-state index contributed by atoms with van der Waals surface area (Å²) in [5, 5.41) is 2.78. The average molecular weight is 483 g/mol. The molecule has 1 atom stereocenters. The molecule has 2 aromatic carbocycles. The van der Waals surface area contributed by atoms with Crippen molar-refractivity contribution in [2.45, 2.75) is 36.7 Å².